The number of hydrogen-bond acceptors (Lipinski definition) is 2. The van der Waals surface area contributed by atoms with E-state index in [-0.39, 0.29) is 0 Å². The first kappa shape index (κ1) is 10.5. The second-order valence-electron chi connectivity index (χ2n) is 4.92. The summed E-state index contributed by atoms with van der Waals surface area (Å²) in [4.78, 5) is 3.28. The third kappa shape index (κ3) is 1.66. The topological polar surface area (TPSA) is 39.9 Å². The van der Waals surface area contributed by atoms with Gasteiger partial charge in [-0.15, -0.1) is 0 Å². The molecule has 0 saturated heterocycles. The van der Waals surface area contributed by atoms with Gasteiger partial charge in [-0.05, 0) is 18.2 Å². The van der Waals surface area contributed by atoms with Crippen molar-refractivity contribution < 1.29 is 0 Å². The Morgan fingerprint density at radius 3 is 2.47 bits per heavy atom. The van der Waals surface area contributed by atoms with E-state index in [1.54, 1.807) is 0 Å². The van der Waals surface area contributed by atoms with E-state index in [9.17, 15) is 0 Å². The van der Waals surface area contributed by atoms with Crippen LogP contribution in [-0.4, -0.2) is 17.1 Å². The SMILES string of the molecule is C1=CC2Nc3cccc(-c4ccc[nH]4)c3NC2C=C1. The van der Waals surface area contributed by atoms with Gasteiger partial charge < -0.3 is 15.6 Å². The van der Waals surface area contributed by atoms with Gasteiger partial charge in [-0.1, -0.05) is 36.4 Å². The number of nitrogens with one attached hydrogen (secondary N) is 3. The predicted octanol–water partition coefficient (Wildman–Crippen LogP) is 3.38. The molecule has 3 heteroatoms. The molecule has 0 bridgehead atoms. The largest absolute Gasteiger partial charge is 0.375 e. The lowest BCUT2D eigenvalue weighted by molar-refractivity contribution is 0.765. The van der Waals surface area contributed by atoms with E-state index >= 15 is 0 Å². The van der Waals surface area contributed by atoms with Crippen LogP contribution in [0.1, 0.15) is 0 Å². The highest BCUT2D eigenvalue weighted by atomic mass is 15.1. The number of fused-ring (bicyclic) bond motifs is 2. The molecular weight excluding hydrogens is 234 g/mol. The smallest absolute Gasteiger partial charge is 0.0686 e. The average Bonchev–Trinajstić information content (AvgIpc) is 2.98. The van der Waals surface area contributed by atoms with Crippen molar-refractivity contribution in [2.75, 3.05) is 10.6 Å². The van der Waals surface area contributed by atoms with Crippen molar-refractivity contribution in [3.63, 3.8) is 0 Å². The minimum absolute atomic E-state index is 0.314. The van der Waals surface area contributed by atoms with Gasteiger partial charge in [-0.25, -0.2) is 0 Å². The van der Waals surface area contributed by atoms with Crippen molar-refractivity contribution >= 4 is 11.4 Å². The van der Waals surface area contributed by atoms with Crippen molar-refractivity contribution in [3.05, 3.63) is 60.8 Å². The van der Waals surface area contributed by atoms with Crippen molar-refractivity contribution in [1.29, 1.82) is 0 Å². The van der Waals surface area contributed by atoms with E-state index in [2.05, 4.69) is 64.2 Å². The van der Waals surface area contributed by atoms with Gasteiger partial charge in [0.15, 0.2) is 0 Å². The first-order valence-electron chi connectivity index (χ1n) is 6.57. The molecule has 3 nitrogen and oxygen atoms in total. The van der Waals surface area contributed by atoms with Gasteiger partial charge in [0, 0.05) is 17.5 Å². The summed E-state index contributed by atoms with van der Waals surface area (Å²) >= 11 is 0. The summed E-state index contributed by atoms with van der Waals surface area (Å²) in [5, 5.41) is 7.22. The fraction of sp³-hybridized carbons (Fsp3) is 0.125. The molecule has 2 heterocycles. The van der Waals surface area contributed by atoms with E-state index in [1.807, 2.05) is 12.3 Å². The molecule has 2 aromatic rings. The van der Waals surface area contributed by atoms with Crippen LogP contribution in [0.5, 0.6) is 0 Å². The maximum Gasteiger partial charge on any atom is 0.0686 e. The molecule has 0 radical (unpaired) electrons. The van der Waals surface area contributed by atoms with Crippen molar-refractivity contribution in [1.82, 2.24) is 4.98 Å². The second kappa shape index (κ2) is 4.05. The third-order valence-electron chi connectivity index (χ3n) is 3.72. The van der Waals surface area contributed by atoms with Crippen molar-refractivity contribution in [2.24, 2.45) is 0 Å². The molecular formula is C16H15N3. The normalized spacial score (nSPS) is 23.2. The standard InChI is InChI=1S/C16H15N3/c1-2-7-14-13(6-1)18-15-8-3-5-11(16(15)19-14)12-9-4-10-17-12/h1-10,13-14,17-19H. The fourth-order valence-corrected chi connectivity index (χ4v) is 2.78. The molecule has 0 fully saturated rings. The Bertz CT molecular complexity index is 653. The predicted molar refractivity (Wildman–Crippen MR) is 79.3 cm³/mol. The van der Waals surface area contributed by atoms with E-state index in [4.69, 9.17) is 0 Å². The number of aromatic nitrogens is 1. The Hall–Kier alpha value is -2.42. The Morgan fingerprint density at radius 1 is 0.842 bits per heavy atom. The molecule has 94 valence electrons. The monoisotopic (exact) mass is 249 g/mol. The molecule has 0 spiro atoms. The van der Waals surface area contributed by atoms with Gasteiger partial charge in [-0.2, -0.15) is 0 Å². The molecule has 19 heavy (non-hydrogen) atoms. The number of anilines is 2. The lowest BCUT2D eigenvalue weighted by Gasteiger charge is -2.35. The Balaban J connectivity index is 1.82. The Labute approximate surface area is 112 Å². The van der Waals surface area contributed by atoms with E-state index in [0.717, 1.165) is 11.4 Å². The maximum absolute atomic E-state index is 3.64. The van der Waals surface area contributed by atoms with Gasteiger partial charge >= 0.3 is 0 Å². The molecule has 1 aromatic heterocycles. The lowest BCUT2D eigenvalue weighted by atomic mass is 9.96. The van der Waals surface area contributed by atoms with Crippen LogP contribution in [0.2, 0.25) is 0 Å². The van der Waals surface area contributed by atoms with Crippen molar-refractivity contribution in [2.45, 2.75) is 12.1 Å². The first-order chi connectivity index (χ1) is 9.42. The Kier molecular flexibility index (Phi) is 2.24. The minimum Gasteiger partial charge on any atom is -0.375 e. The van der Waals surface area contributed by atoms with Crippen LogP contribution in [0.15, 0.2) is 60.8 Å². The number of benzene rings is 1. The third-order valence-corrected chi connectivity index (χ3v) is 3.72. The second-order valence-corrected chi connectivity index (χ2v) is 4.92. The quantitative estimate of drug-likeness (QED) is 0.725. The van der Waals surface area contributed by atoms with Gasteiger partial charge in [-0.3, -0.25) is 0 Å². The lowest BCUT2D eigenvalue weighted by Crippen LogP contribution is -2.41. The molecule has 2 unspecified atom stereocenters. The van der Waals surface area contributed by atoms with Crippen LogP contribution in [0.25, 0.3) is 11.3 Å². The zero-order valence-electron chi connectivity index (χ0n) is 10.4. The van der Waals surface area contributed by atoms with Gasteiger partial charge in [0.05, 0.1) is 23.5 Å². The van der Waals surface area contributed by atoms with Crippen LogP contribution in [0.4, 0.5) is 11.4 Å². The molecule has 4 rings (SSSR count). The van der Waals surface area contributed by atoms with Crippen LogP contribution < -0.4 is 10.6 Å². The highest BCUT2D eigenvalue weighted by Crippen LogP contribution is 2.38. The number of H-pyrrole nitrogens is 1. The van der Waals surface area contributed by atoms with Gasteiger partial charge in [0.1, 0.15) is 0 Å². The molecule has 1 aromatic carbocycles. The maximum atomic E-state index is 3.64. The Morgan fingerprint density at radius 2 is 1.68 bits per heavy atom. The summed E-state index contributed by atoms with van der Waals surface area (Å²) in [6.07, 6.45) is 10.5. The summed E-state index contributed by atoms with van der Waals surface area (Å²) in [5.41, 5.74) is 4.68. The number of rotatable bonds is 1. The number of allylic oxidation sites excluding steroid dienone is 2. The van der Waals surface area contributed by atoms with Crippen LogP contribution in [-0.2, 0) is 0 Å². The molecule has 0 saturated carbocycles. The molecule has 1 aliphatic heterocycles. The highest BCUT2D eigenvalue weighted by Gasteiger charge is 2.26. The summed E-state index contributed by atoms with van der Waals surface area (Å²) in [5.74, 6) is 0. The zero-order chi connectivity index (χ0) is 12.7. The number of para-hydroxylation sites is 1. The van der Waals surface area contributed by atoms with Crippen LogP contribution in [0, 0.1) is 0 Å². The highest BCUT2D eigenvalue weighted by molar-refractivity contribution is 5.88. The zero-order valence-corrected chi connectivity index (χ0v) is 10.4. The number of hydrogen-bond donors (Lipinski definition) is 3. The van der Waals surface area contributed by atoms with E-state index in [0.29, 0.717) is 12.1 Å². The minimum atomic E-state index is 0.314. The average molecular weight is 249 g/mol. The summed E-state index contributed by atoms with van der Waals surface area (Å²) in [7, 11) is 0. The fourth-order valence-electron chi connectivity index (χ4n) is 2.78. The van der Waals surface area contributed by atoms with Crippen LogP contribution >= 0.6 is 0 Å². The number of aromatic amines is 1. The molecule has 2 atom stereocenters. The van der Waals surface area contributed by atoms with Gasteiger partial charge in [0.2, 0.25) is 0 Å². The molecule has 1 aliphatic carbocycles. The summed E-state index contributed by atoms with van der Waals surface area (Å²) < 4.78 is 0. The van der Waals surface area contributed by atoms with Gasteiger partial charge in [0.25, 0.3) is 0 Å². The molecule has 3 N–H and O–H groups in total. The van der Waals surface area contributed by atoms with E-state index < -0.39 is 0 Å². The van der Waals surface area contributed by atoms with E-state index in [1.165, 1.54) is 11.3 Å². The molecule has 0 amide bonds. The van der Waals surface area contributed by atoms with Crippen molar-refractivity contribution in [3.8, 4) is 11.3 Å². The summed E-state index contributed by atoms with van der Waals surface area (Å²) in [6, 6.07) is 11.1. The molecule has 2 aliphatic rings. The summed E-state index contributed by atoms with van der Waals surface area (Å²) in [6.45, 7) is 0. The first-order valence-corrected chi connectivity index (χ1v) is 6.57. The van der Waals surface area contributed by atoms with Crippen LogP contribution in [0.3, 0.4) is 0 Å².